The molecule has 0 atom stereocenters. The van der Waals surface area contributed by atoms with Crippen molar-refractivity contribution in [3.05, 3.63) is 21.9 Å². The lowest BCUT2D eigenvalue weighted by molar-refractivity contribution is 0.0315. The Bertz CT molecular complexity index is 248. The summed E-state index contributed by atoms with van der Waals surface area (Å²) in [5.74, 6) is 0. The van der Waals surface area contributed by atoms with Crippen molar-refractivity contribution in [1.29, 1.82) is 0 Å². The van der Waals surface area contributed by atoms with Gasteiger partial charge < -0.3 is 5.11 Å². The summed E-state index contributed by atoms with van der Waals surface area (Å²) in [5, 5.41) is 12.2. The number of aryl methyl sites for hydroxylation is 1. The Morgan fingerprint density at radius 3 is 2.33 bits per heavy atom. The molecule has 0 aliphatic carbocycles. The molecule has 2 heteroatoms. The van der Waals surface area contributed by atoms with Crippen LogP contribution in [-0.4, -0.2) is 5.11 Å². The van der Waals surface area contributed by atoms with Crippen LogP contribution in [0.4, 0.5) is 0 Å². The molecule has 0 radical (unpaired) electrons. The molecular weight excluding hydrogens is 168 g/mol. The standard InChI is InChI=1S/C10H16OS/c1-4-10(11,5-2)9-8(3)6-7-12-9/h6-7,11H,4-5H2,1-3H3. The van der Waals surface area contributed by atoms with E-state index in [9.17, 15) is 5.11 Å². The Morgan fingerprint density at radius 2 is 2.00 bits per heavy atom. The molecule has 0 bridgehead atoms. The summed E-state index contributed by atoms with van der Waals surface area (Å²) in [6.45, 7) is 6.12. The van der Waals surface area contributed by atoms with Gasteiger partial charge in [-0.2, -0.15) is 0 Å². The summed E-state index contributed by atoms with van der Waals surface area (Å²) in [4.78, 5) is 1.13. The maximum Gasteiger partial charge on any atom is 0.0985 e. The predicted octanol–water partition coefficient (Wildman–Crippen LogP) is 3.06. The number of rotatable bonds is 3. The molecule has 1 aromatic rings. The van der Waals surface area contributed by atoms with Crippen LogP contribution in [0.3, 0.4) is 0 Å². The number of hydrogen-bond donors (Lipinski definition) is 1. The van der Waals surface area contributed by atoms with Gasteiger partial charge in [0.1, 0.15) is 0 Å². The van der Waals surface area contributed by atoms with Gasteiger partial charge in [-0.3, -0.25) is 0 Å². The van der Waals surface area contributed by atoms with Gasteiger partial charge in [-0.25, -0.2) is 0 Å². The zero-order valence-corrected chi connectivity index (χ0v) is 8.74. The molecule has 0 aliphatic heterocycles. The summed E-state index contributed by atoms with van der Waals surface area (Å²) < 4.78 is 0. The average Bonchev–Trinajstić information content (AvgIpc) is 2.51. The van der Waals surface area contributed by atoms with Gasteiger partial charge in [-0.05, 0) is 36.8 Å². The molecule has 1 N–H and O–H groups in total. The van der Waals surface area contributed by atoms with E-state index in [0.717, 1.165) is 17.7 Å². The molecule has 68 valence electrons. The van der Waals surface area contributed by atoms with Gasteiger partial charge in [0.25, 0.3) is 0 Å². The molecule has 0 aromatic carbocycles. The summed E-state index contributed by atoms with van der Waals surface area (Å²) in [6.07, 6.45) is 1.59. The Kier molecular flexibility index (Phi) is 2.91. The Morgan fingerprint density at radius 1 is 1.42 bits per heavy atom. The maximum absolute atomic E-state index is 10.2. The summed E-state index contributed by atoms with van der Waals surface area (Å²) >= 11 is 1.66. The summed E-state index contributed by atoms with van der Waals surface area (Å²) in [5.41, 5.74) is 0.629. The third-order valence-corrected chi connectivity index (χ3v) is 3.66. The van der Waals surface area contributed by atoms with Crippen molar-refractivity contribution in [2.75, 3.05) is 0 Å². The fourth-order valence-electron chi connectivity index (χ4n) is 1.42. The average molecular weight is 184 g/mol. The quantitative estimate of drug-likeness (QED) is 0.765. The molecular formula is C10H16OS. The van der Waals surface area contributed by atoms with E-state index in [1.165, 1.54) is 5.56 Å². The fourth-order valence-corrected chi connectivity index (χ4v) is 2.59. The first-order chi connectivity index (χ1) is 5.64. The second-order valence-corrected chi connectivity index (χ2v) is 4.09. The Hall–Kier alpha value is -0.340. The van der Waals surface area contributed by atoms with Crippen LogP contribution in [0, 0.1) is 6.92 Å². The van der Waals surface area contributed by atoms with E-state index in [1.807, 2.05) is 19.2 Å². The molecule has 12 heavy (non-hydrogen) atoms. The van der Waals surface area contributed by atoms with Crippen LogP contribution in [0.15, 0.2) is 11.4 Å². The van der Waals surface area contributed by atoms with Gasteiger partial charge in [0.15, 0.2) is 0 Å². The van der Waals surface area contributed by atoms with Gasteiger partial charge >= 0.3 is 0 Å². The Labute approximate surface area is 78.1 Å². The molecule has 1 rings (SSSR count). The van der Waals surface area contributed by atoms with Crippen molar-refractivity contribution < 1.29 is 5.11 Å². The van der Waals surface area contributed by atoms with Gasteiger partial charge in [0.05, 0.1) is 5.60 Å². The minimum absolute atomic E-state index is 0.585. The minimum Gasteiger partial charge on any atom is -0.384 e. The second-order valence-electron chi connectivity index (χ2n) is 3.17. The molecule has 1 nitrogen and oxygen atoms in total. The van der Waals surface area contributed by atoms with Gasteiger partial charge in [0.2, 0.25) is 0 Å². The molecule has 0 spiro atoms. The van der Waals surface area contributed by atoms with Crippen LogP contribution in [0.2, 0.25) is 0 Å². The van der Waals surface area contributed by atoms with Crippen molar-refractivity contribution >= 4 is 11.3 Å². The lowest BCUT2D eigenvalue weighted by Crippen LogP contribution is -2.22. The monoisotopic (exact) mass is 184 g/mol. The molecule has 0 aliphatic rings. The molecule has 1 heterocycles. The topological polar surface area (TPSA) is 20.2 Å². The lowest BCUT2D eigenvalue weighted by Gasteiger charge is -2.24. The predicted molar refractivity (Wildman–Crippen MR) is 53.5 cm³/mol. The maximum atomic E-state index is 10.2. The van der Waals surface area contributed by atoms with E-state index >= 15 is 0 Å². The first-order valence-electron chi connectivity index (χ1n) is 4.41. The van der Waals surface area contributed by atoms with E-state index in [-0.39, 0.29) is 0 Å². The molecule has 0 unspecified atom stereocenters. The van der Waals surface area contributed by atoms with E-state index < -0.39 is 5.60 Å². The molecule has 0 saturated carbocycles. The van der Waals surface area contributed by atoms with E-state index in [1.54, 1.807) is 11.3 Å². The van der Waals surface area contributed by atoms with Crippen molar-refractivity contribution in [3.63, 3.8) is 0 Å². The highest BCUT2D eigenvalue weighted by atomic mass is 32.1. The van der Waals surface area contributed by atoms with E-state index in [4.69, 9.17) is 0 Å². The zero-order valence-electron chi connectivity index (χ0n) is 7.92. The van der Waals surface area contributed by atoms with Crippen molar-refractivity contribution in [3.8, 4) is 0 Å². The first-order valence-corrected chi connectivity index (χ1v) is 5.29. The third-order valence-electron chi connectivity index (χ3n) is 2.45. The van der Waals surface area contributed by atoms with Gasteiger partial charge in [0, 0.05) is 4.88 Å². The smallest absolute Gasteiger partial charge is 0.0985 e. The van der Waals surface area contributed by atoms with Gasteiger partial charge in [-0.1, -0.05) is 13.8 Å². The number of hydrogen-bond acceptors (Lipinski definition) is 2. The third kappa shape index (κ3) is 1.54. The van der Waals surface area contributed by atoms with Crippen molar-refractivity contribution in [1.82, 2.24) is 0 Å². The highest BCUT2D eigenvalue weighted by Gasteiger charge is 2.27. The lowest BCUT2D eigenvalue weighted by atomic mass is 9.93. The normalized spacial score (nSPS) is 12.0. The molecule has 0 saturated heterocycles. The zero-order chi connectivity index (χ0) is 9.19. The highest BCUT2D eigenvalue weighted by Crippen LogP contribution is 2.34. The number of thiophene rings is 1. The van der Waals surface area contributed by atoms with Crippen LogP contribution in [-0.2, 0) is 5.60 Å². The second kappa shape index (κ2) is 3.58. The highest BCUT2D eigenvalue weighted by molar-refractivity contribution is 7.10. The van der Waals surface area contributed by atoms with Crippen LogP contribution >= 0.6 is 11.3 Å². The SMILES string of the molecule is CCC(O)(CC)c1sccc1C. The van der Waals surface area contributed by atoms with E-state index in [2.05, 4.69) is 13.0 Å². The van der Waals surface area contributed by atoms with Crippen LogP contribution in [0.25, 0.3) is 0 Å². The number of aliphatic hydroxyl groups is 1. The fraction of sp³-hybridized carbons (Fsp3) is 0.600. The van der Waals surface area contributed by atoms with Gasteiger partial charge in [-0.15, -0.1) is 11.3 Å². The Balaban J connectivity index is 3.02. The van der Waals surface area contributed by atoms with Crippen molar-refractivity contribution in [2.45, 2.75) is 39.2 Å². The van der Waals surface area contributed by atoms with E-state index in [0.29, 0.717) is 0 Å². The largest absolute Gasteiger partial charge is 0.384 e. The molecule has 0 amide bonds. The minimum atomic E-state index is -0.585. The molecule has 1 aromatic heterocycles. The van der Waals surface area contributed by atoms with Crippen molar-refractivity contribution in [2.24, 2.45) is 0 Å². The molecule has 0 fully saturated rings. The van der Waals surface area contributed by atoms with Crippen LogP contribution in [0.1, 0.15) is 37.1 Å². The van der Waals surface area contributed by atoms with Crippen LogP contribution in [0.5, 0.6) is 0 Å². The first kappa shape index (κ1) is 9.75. The summed E-state index contributed by atoms with van der Waals surface area (Å²) in [7, 11) is 0. The van der Waals surface area contributed by atoms with Crippen LogP contribution < -0.4 is 0 Å². The summed E-state index contributed by atoms with van der Waals surface area (Å²) in [6, 6.07) is 2.07.